The van der Waals surface area contributed by atoms with Gasteiger partial charge in [0.25, 0.3) is 0 Å². The van der Waals surface area contributed by atoms with Gasteiger partial charge in [-0.1, -0.05) is 30.3 Å². The van der Waals surface area contributed by atoms with Gasteiger partial charge in [0.15, 0.2) is 0 Å². The van der Waals surface area contributed by atoms with Crippen LogP contribution >= 0.6 is 11.6 Å². The second-order valence-electron chi connectivity index (χ2n) is 3.31. The Balaban J connectivity index is 3.00. The Kier molecular flexibility index (Phi) is 4.37. The second kappa shape index (κ2) is 5.56. The van der Waals surface area contributed by atoms with Crippen LogP contribution in [0.5, 0.6) is 0 Å². The number of hydrogen-bond acceptors (Lipinski definition) is 2. The minimum Gasteiger partial charge on any atom is -0.353 e. The molecule has 0 saturated carbocycles. The quantitative estimate of drug-likeness (QED) is 0.729. The van der Waals surface area contributed by atoms with Gasteiger partial charge < -0.3 is 5.32 Å². The molecule has 80 valence electrons. The van der Waals surface area contributed by atoms with E-state index in [0.717, 1.165) is 16.2 Å². The molecule has 1 rings (SSSR count). The first-order valence-electron chi connectivity index (χ1n) is 4.80. The molecule has 0 fully saturated rings. The monoisotopic (exact) mass is 222 g/mol. The normalized spacial score (nSPS) is 22.1. The van der Waals surface area contributed by atoms with Crippen molar-refractivity contribution in [2.45, 2.75) is 19.9 Å². The zero-order chi connectivity index (χ0) is 11.3. The SMILES string of the molecule is C=C/C=C(\C=C(/C)Cl)C1=CNC=NC1C. The van der Waals surface area contributed by atoms with Gasteiger partial charge in [-0.25, -0.2) is 0 Å². The summed E-state index contributed by atoms with van der Waals surface area (Å²) >= 11 is 5.88. The lowest BCUT2D eigenvalue weighted by atomic mass is 9.99. The van der Waals surface area contributed by atoms with E-state index in [4.69, 9.17) is 11.6 Å². The minimum atomic E-state index is 0.143. The fraction of sp³-hybridized carbons (Fsp3) is 0.250. The van der Waals surface area contributed by atoms with E-state index in [-0.39, 0.29) is 6.04 Å². The number of allylic oxidation sites excluding steroid dienone is 4. The lowest BCUT2D eigenvalue weighted by Crippen LogP contribution is -2.17. The number of nitrogens with one attached hydrogen (secondary N) is 1. The molecule has 0 amide bonds. The number of rotatable bonds is 3. The molecule has 3 heteroatoms. The predicted octanol–water partition coefficient (Wildman–Crippen LogP) is 3.15. The molecule has 0 aromatic rings. The molecule has 0 aromatic heterocycles. The third-order valence-corrected chi connectivity index (χ3v) is 2.16. The van der Waals surface area contributed by atoms with Crippen LogP contribution in [0.25, 0.3) is 0 Å². The first-order valence-corrected chi connectivity index (χ1v) is 5.17. The van der Waals surface area contributed by atoms with Crippen LogP contribution in [0.2, 0.25) is 0 Å². The maximum atomic E-state index is 5.88. The molecule has 0 bridgehead atoms. The summed E-state index contributed by atoms with van der Waals surface area (Å²) in [6.45, 7) is 7.58. The van der Waals surface area contributed by atoms with Gasteiger partial charge in [-0.15, -0.1) is 0 Å². The molecule has 0 aliphatic carbocycles. The van der Waals surface area contributed by atoms with E-state index in [9.17, 15) is 0 Å². The van der Waals surface area contributed by atoms with Gasteiger partial charge in [0.1, 0.15) is 0 Å². The van der Waals surface area contributed by atoms with Crippen LogP contribution in [0.4, 0.5) is 0 Å². The van der Waals surface area contributed by atoms with Crippen molar-refractivity contribution >= 4 is 17.9 Å². The van der Waals surface area contributed by atoms with Crippen molar-refractivity contribution < 1.29 is 0 Å². The summed E-state index contributed by atoms with van der Waals surface area (Å²) in [5.74, 6) is 0. The summed E-state index contributed by atoms with van der Waals surface area (Å²) in [6.07, 6.45) is 9.21. The molecular formula is C12H15ClN2. The maximum absolute atomic E-state index is 5.88. The number of halogens is 1. The van der Waals surface area contributed by atoms with Crippen LogP contribution in [-0.4, -0.2) is 12.4 Å². The summed E-state index contributed by atoms with van der Waals surface area (Å²) in [5, 5.41) is 3.72. The van der Waals surface area contributed by atoms with Crippen LogP contribution in [0, 0.1) is 0 Å². The molecule has 15 heavy (non-hydrogen) atoms. The molecule has 1 N–H and O–H groups in total. The van der Waals surface area contributed by atoms with Crippen LogP contribution in [-0.2, 0) is 0 Å². The molecule has 1 aliphatic heterocycles. The van der Waals surface area contributed by atoms with Gasteiger partial charge in [0, 0.05) is 11.2 Å². The Hall–Kier alpha value is -1.28. The van der Waals surface area contributed by atoms with Gasteiger partial charge in [-0.2, -0.15) is 0 Å². The average Bonchev–Trinajstić information content (AvgIpc) is 2.17. The highest BCUT2D eigenvalue weighted by Crippen LogP contribution is 2.21. The summed E-state index contributed by atoms with van der Waals surface area (Å²) in [5.41, 5.74) is 2.15. The van der Waals surface area contributed by atoms with Crippen molar-refractivity contribution in [2.24, 2.45) is 4.99 Å². The standard InChI is InChI=1S/C12H15ClN2/c1-4-5-11(6-9(2)13)12-7-14-8-15-10(12)3/h4-8,10H,1H2,2-3H3,(H,14,15)/b9-6+,11-5+. The van der Waals surface area contributed by atoms with E-state index < -0.39 is 0 Å². The lowest BCUT2D eigenvalue weighted by molar-refractivity contribution is 0.847. The van der Waals surface area contributed by atoms with Gasteiger partial charge in [-0.05, 0) is 31.1 Å². The molecule has 0 saturated heterocycles. The summed E-state index contributed by atoms with van der Waals surface area (Å²) in [7, 11) is 0. The summed E-state index contributed by atoms with van der Waals surface area (Å²) in [4.78, 5) is 4.27. The fourth-order valence-corrected chi connectivity index (χ4v) is 1.49. The highest BCUT2D eigenvalue weighted by molar-refractivity contribution is 6.29. The zero-order valence-corrected chi connectivity index (χ0v) is 9.75. The molecule has 1 atom stereocenters. The Bertz CT molecular complexity index is 358. The van der Waals surface area contributed by atoms with Crippen LogP contribution in [0.3, 0.4) is 0 Å². The molecule has 0 radical (unpaired) electrons. The van der Waals surface area contributed by atoms with Crippen molar-refractivity contribution in [3.8, 4) is 0 Å². The topological polar surface area (TPSA) is 24.4 Å². The second-order valence-corrected chi connectivity index (χ2v) is 3.91. The van der Waals surface area contributed by atoms with Crippen LogP contribution in [0.15, 0.2) is 52.2 Å². The van der Waals surface area contributed by atoms with Crippen LogP contribution < -0.4 is 5.32 Å². The van der Waals surface area contributed by atoms with Gasteiger partial charge >= 0.3 is 0 Å². The Morgan fingerprint density at radius 3 is 2.93 bits per heavy atom. The van der Waals surface area contributed by atoms with E-state index in [2.05, 4.69) is 16.9 Å². The molecule has 1 heterocycles. The third kappa shape index (κ3) is 3.40. The predicted molar refractivity (Wildman–Crippen MR) is 67.1 cm³/mol. The fourth-order valence-electron chi connectivity index (χ4n) is 1.38. The Labute approximate surface area is 95.7 Å². The maximum Gasteiger partial charge on any atom is 0.0870 e. The highest BCUT2D eigenvalue weighted by Gasteiger charge is 2.12. The summed E-state index contributed by atoms with van der Waals surface area (Å²) < 4.78 is 0. The Morgan fingerprint density at radius 1 is 1.67 bits per heavy atom. The first kappa shape index (κ1) is 11.8. The smallest absolute Gasteiger partial charge is 0.0870 e. The number of aliphatic imine (C=N–C) groups is 1. The molecule has 1 aliphatic rings. The molecule has 0 spiro atoms. The summed E-state index contributed by atoms with van der Waals surface area (Å²) in [6, 6.07) is 0.143. The van der Waals surface area contributed by atoms with Gasteiger partial charge in [0.05, 0.1) is 12.4 Å². The van der Waals surface area contributed by atoms with Gasteiger partial charge in [0.2, 0.25) is 0 Å². The van der Waals surface area contributed by atoms with Crippen molar-refractivity contribution in [2.75, 3.05) is 0 Å². The van der Waals surface area contributed by atoms with Crippen LogP contribution in [0.1, 0.15) is 13.8 Å². The highest BCUT2D eigenvalue weighted by atomic mass is 35.5. The number of nitrogens with zero attached hydrogens (tertiary/aromatic N) is 1. The molecule has 1 unspecified atom stereocenters. The average molecular weight is 223 g/mol. The largest absolute Gasteiger partial charge is 0.353 e. The molecular weight excluding hydrogens is 208 g/mol. The van der Waals surface area contributed by atoms with E-state index in [1.807, 2.05) is 32.2 Å². The van der Waals surface area contributed by atoms with Crippen molar-refractivity contribution in [1.29, 1.82) is 0 Å². The molecule has 2 nitrogen and oxygen atoms in total. The number of hydrogen-bond donors (Lipinski definition) is 1. The zero-order valence-electron chi connectivity index (χ0n) is 9.00. The lowest BCUT2D eigenvalue weighted by Gasteiger charge is -2.17. The van der Waals surface area contributed by atoms with Crippen molar-refractivity contribution in [3.05, 3.63) is 47.2 Å². The van der Waals surface area contributed by atoms with E-state index in [0.29, 0.717) is 0 Å². The molecule has 0 aromatic carbocycles. The van der Waals surface area contributed by atoms with E-state index in [1.165, 1.54) is 0 Å². The van der Waals surface area contributed by atoms with Gasteiger partial charge in [-0.3, -0.25) is 4.99 Å². The Morgan fingerprint density at radius 2 is 2.40 bits per heavy atom. The first-order chi connectivity index (χ1) is 7.15. The van der Waals surface area contributed by atoms with E-state index >= 15 is 0 Å². The third-order valence-electron chi connectivity index (χ3n) is 2.05. The minimum absolute atomic E-state index is 0.143. The van der Waals surface area contributed by atoms with E-state index in [1.54, 1.807) is 12.4 Å². The van der Waals surface area contributed by atoms with Crippen molar-refractivity contribution in [3.63, 3.8) is 0 Å². The van der Waals surface area contributed by atoms with Crippen molar-refractivity contribution in [1.82, 2.24) is 5.32 Å².